The molecule has 0 spiro atoms. The Morgan fingerprint density at radius 3 is 2.52 bits per heavy atom. The molecule has 0 atom stereocenters. The van der Waals surface area contributed by atoms with Crippen molar-refractivity contribution in [3.05, 3.63) is 53.3 Å². The summed E-state index contributed by atoms with van der Waals surface area (Å²) in [6, 6.07) is 9.75. The normalized spacial score (nSPS) is 11.7. The average Bonchev–Trinajstić information content (AvgIpc) is 3.09. The fourth-order valence-electron chi connectivity index (χ4n) is 2.64. The summed E-state index contributed by atoms with van der Waals surface area (Å²) in [6.07, 6.45) is 0. The summed E-state index contributed by atoms with van der Waals surface area (Å²) in [5.74, 6) is -1.81. The minimum absolute atomic E-state index is 0.0322. The maximum atomic E-state index is 12.8. The topological polar surface area (TPSA) is 139 Å². The second-order valence-electron chi connectivity index (χ2n) is 7.46. The Bertz CT molecular complexity index is 1350. The number of ether oxygens (including phenoxy) is 1. The molecule has 0 aliphatic heterocycles. The molecular formula is C20H16ClN3O6S. The molecular weight excluding hydrogens is 446 g/mol. The van der Waals surface area contributed by atoms with Crippen molar-refractivity contribution in [3.8, 4) is 6.07 Å². The van der Waals surface area contributed by atoms with Crippen LogP contribution in [-0.2, 0) is 13.8 Å². The van der Waals surface area contributed by atoms with E-state index in [0.717, 1.165) is 6.07 Å². The monoisotopic (exact) mass is 461 g/mol. The first-order valence-corrected chi connectivity index (χ1v) is 11.1. The van der Waals surface area contributed by atoms with Crippen molar-refractivity contribution in [3.63, 3.8) is 0 Å². The van der Waals surface area contributed by atoms with Gasteiger partial charge in [-0.2, -0.15) is 5.26 Å². The van der Waals surface area contributed by atoms with E-state index in [-0.39, 0.29) is 38.4 Å². The van der Waals surface area contributed by atoms with Gasteiger partial charge in [0.15, 0.2) is 0 Å². The third-order valence-electron chi connectivity index (χ3n) is 3.95. The quantitative estimate of drug-likeness (QED) is 0.456. The predicted octanol–water partition coefficient (Wildman–Crippen LogP) is 3.83. The largest absolute Gasteiger partial charge is 0.456 e. The maximum absolute atomic E-state index is 12.8. The highest BCUT2D eigenvalue weighted by atomic mass is 35.7. The zero-order chi connectivity index (χ0) is 23.0. The third kappa shape index (κ3) is 5.02. The third-order valence-corrected chi connectivity index (χ3v) is 5.30. The minimum atomic E-state index is -4.04. The first kappa shape index (κ1) is 22.3. The van der Waals surface area contributed by atoms with Crippen LogP contribution in [0.4, 0.5) is 5.69 Å². The number of aromatic nitrogens is 1. The number of benzene rings is 2. The number of esters is 1. The van der Waals surface area contributed by atoms with Crippen molar-refractivity contribution in [2.75, 3.05) is 5.32 Å². The van der Waals surface area contributed by atoms with Crippen LogP contribution in [0.3, 0.4) is 0 Å². The Hall–Kier alpha value is -3.42. The Balaban J connectivity index is 2.00. The van der Waals surface area contributed by atoms with Gasteiger partial charge in [0.1, 0.15) is 11.1 Å². The number of carbonyl (C=O) groups excluding carboxylic acids is 2. The van der Waals surface area contributed by atoms with Crippen LogP contribution in [0.15, 0.2) is 45.8 Å². The molecule has 0 fully saturated rings. The standard InChI is InChI=1S/C20H16ClN3O6S/c1-20(2,3)29-19(26)14-8-11(10-22)4-6-15(14)23-18(25)17-13-9-12(31(21,27)28)5-7-16(13)24-30-17/h4-9H,1-3H3,(H,23,25). The van der Waals surface area contributed by atoms with Gasteiger partial charge in [-0.1, -0.05) is 5.16 Å². The van der Waals surface area contributed by atoms with Crippen molar-refractivity contribution < 1.29 is 27.3 Å². The number of nitrogens with zero attached hydrogens (tertiary/aromatic N) is 2. The van der Waals surface area contributed by atoms with E-state index in [9.17, 15) is 18.0 Å². The lowest BCUT2D eigenvalue weighted by atomic mass is 10.1. The number of hydrogen-bond acceptors (Lipinski definition) is 8. The van der Waals surface area contributed by atoms with Gasteiger partial charge in [-0.15, -0.1) is 0 Å². The number of rotatable bonds is 4. The molecule has 0 aliphatic rings. The van der Waals surface area contributed by atoms with Gasteiger partial charge >= 0.3 is 5.97 Å². The number of nitriles is 1. The average molecular weight is 462 g/mol. The molecule has 0 saturated heterocycles. The van der Waals surface area contributed by atoms with Gasteiger partial charge in [0.2, 0.25) is 5.76 Å². The van der Waals surface area contributed by atoms with Gasteiger partial charge in [-0.05, 0) is 57.2 Å². The highest BCUT2D eigenvalue weighted by Gasteiger charge is 2.24. The van der Waals surface area contributed by atoms with Crippen LogP contribution in [-0.4, -0.2) is 31.1 Å². The molecule has 11 heteroatoms. The molecule has 3 aromatic rings. The Labute approximate surface area is 182 Å². The van der Waals surface area contributed by atoms with Crippen molar-refractivity contribution in [1.29, 1.82) is 5.26 Å². The molecule has 0 radical (unpaired) electrons. The molecule has 2 aromatic carbocycles. The molecule has 31 heavy (non-hydrogen) atoms. The second kappa shape index (κ2) is 8.02. The summed E-state index contributed by atoms with van der Waals surface area (Å²) < 4.78 is 33.6. The van der Waals surface area contributed by atoms with Crippen LogP contribution in [0.1, 0.15) is 47.2 Å². The first-order chi connectivity index (χ1) is 14.4. The van der Waals surface area contributed by atoms with Crippen molar-refractivity contribution in [2.45, 2.75) is 31.3 Å². The number of anilines is 1. The summed E-state index contributed by atoms with van der Waals surface area (Å²) in [4.78, 5) is 25.2. The molecule has 0 saturated carbocycles. The molecule has 0 bridgehead atoms. The SMILES string of the molecule is CC(C)(C)OC(=O)c1cc(C#N)ccc1NC(=O)c1onc2ccc(S(=O)(=O)Cl)cc12. The van der Waals surface area contributed by atoms with Crippen molar-refractivity contribution in [1.82, 2.24) is 5.16 Å². The summed E-state index contributed by atoms with van der Waals surface area (Å²) in [5, 5.41) is 15.5. The molecule has 0 unspecified atom stereocenters. The second-order valence-corrected chi connectivity index (χ2v) is 10.0. The van der Waals surface area contributed by atoms with Crippen LogP contribution >= 0.6 is 10.7 Å². The van der Waals surface area contributed by atoms with Gasteiger partial charge in [0.05, 0.1) is 33.2 Å². The predicted molar refractivity (Wildman–Crippen MR) is 111 cm³/mol. The van der Waals surface area contributed by atoms with Crippen LogP contribution in [0, 0.1) is 11.3 Å². The fourth-order valence-corrected chi connectivity index (χ4v) is 3.42. The van der Waals surface area contributed by atoms with E-state index < -0.39 is 26.5 Å². The fraction of sp³-hybridized carbons (Fsp3) is 0.200. The van der Waals surface area contributed by atoms with Crippen LogP contribution in [0.2, 0.25) is 0 Å². The van der Waals surface area contributed by atoms with E-state index in [1.54, 1.807) is 20.8 Å². The molecule has 3 rings (SSSR count). The molecule has 160 valence electrons. The van der Waals surface area contributed by atoms with Gasteiger partial charge in [-0.25, -0.2) is 13.2 Å². The van der Waals surface area contributed by atoms with Gasteiger partial charge in [0.25, 0.3) is 15.0 Å². The highest BCUT2D eigenvalue weighted by Crippen LogP contribution is 2.26. The molecule has 0 aliphatic carbocycles. The first-order valence-electron chi connectivity index (χ1n) is 8.82. The Kier molecular flexibility index (Phi) is 5.76. The van der Waals surface area contributed by atoms with Gasteiger partial charge in [-0.3, -0.25) is 4.79 Å². The molecule has 1 amide bonds. The van der Waals surface area contributed by atoms with E-state index in [0.29, 0.717) is 0 Å². The zero-order valence-electron chi connectivity index (χ0n) is 16.6. The molecule has 1 aromatic heterocycles. The number of carbonyl (C=O) groups is 2. The van der Waals surface area contributed by atoms with E-state index in [2.05, 4.69) is 10.5 Å². The molecule has 1 heterocycles. The summed E-state index contributed by atoms with van der Waals surface area (Å²) in [5.41, 5.74) is -0.326. The number of fused-ring (bicyclic) bond motifs is 1. The number of hydrogen-bond donors (Lipinski definition) is 1. The van der Waals surface area contributed by atoms with E-state index in [4.69, 9.17) is 25.2 Å². The lowest BCUT2D eigenvalue weighted by molar-refractivity contribution is 0.00707. The number of halogens is 1. The highest BCUT2D eigenvalue weighted by molar-refractivity contribution is 8.13. The summed E-state index contributed by atoms with van der Waals surface area (Å²) >= 11 is 0. The molecule has 9 nitrogen and oxygen atoms in total. The van der Waals surface area contributed by atoms with E-state index in [1.165, 1.54) is 30.3 Å². The minimum Gasteiger partial charge on any atom is -0.456 e. The van der Waals surface area contributed by atoms with Gasteiger partial charge in [0, 0.05) is 10.7 Å². The summed E-state index contributed by atoms with van der Waals surface area (Å²) in [7, 11) is 1.33. The van der Waals surface area contributed by atoms with Crippen LogP contribution in [0.25, 0.3) is 10.9 Å². The number of amides is 1. The van der Waals surface area contributed by atoms with Gasteiger partial charge < -0.3 is 14.6 Å². The van der Waals surface area contributed by atoms with Crippen LogP contribution in [0.5, 0.6) is 0 Å². The maximum Gasteiger partial charge on any atom is 0.340 e. The van der Waals surface area contributed by atoms with E-state index in [1.807, 2.05) is 6.07 Å². The lowest BCUT2D eigenvalue weighted by Crippen LogP contribution is -2.25. The smallest absolute Gasteiger partial charge is 0.340 e. The lowest BCUT2D eigenvalue weighted by Gasteiger charge is -2.20. The number of nitrogens with one attached hydrogen (secondary N) is 1. The van der Waals surface area contributed by atoms with Crippen molar-refractivity contribution in [2.24, 2.45) is 0 Å². The zero-order valence-corrected chi connectivity index (χ0v) is 18.2. The Morgan fingerprint density at radius 1 is 1.19 bits per heavy atom. The Morgan fingerprint density at radius 2 is 1.90 bits per heavy atom. The van der Waals surface area contributed by atoms with Crippen molar-refractivity contribution >= 4 is 48.2 Å². The molecule has 1 N–H and O–H groups in total. The van der Waals surface area contributed by atoms with Crippen LogP contribution < -0.4 is 5.32 Å². The van der Waals surface area contributed by atoms with E-state index >= 15 is 0 Å². The summed E-state index contributed by atoms with van der Waals surface area (Å²) in [6.45, 7) is 5.04.